The highest BCUT2D eigenvalue weighted by atomic mass is 19.3. The number of methoxy groups -OCH3 is 1. The molecule has 0 aliphatic heterocycles. The first-order valence-corrected chi connectivity index (χ1v) is 6.37. The molecule has 4 nitrogen and oxygen atoms in total. The number of nitrogens with two attached hydrogens (primary N) is 1. The topological polar surface area (TPSA) is 64.3 Å². The third-order valence-electron chi connectivity index (χ3n) is 3.00. The van der Waals surface area contributed by atoms with E-state index >= 15 is 0 Å². The minimum atomic E-state index is -3.07. The normalized spacial score (nSPS) is 12.8. The van der Waals surface area contributed by atoms with Crippen LogP contribution >= 0.6 is 0 Å². The van der Waals surface area contributed by atoms with Gasteiger partial charge in [0.15, 0.2) is 0 Å². The summed E-state index contributed by atoms with van der Waals surface area (Å²) in [6, 6.07) is 7.32. The second-order valence-electron chi connectivity index (χ2n) is 4.68. The molecule has 0 bridgehead atoms. The fourth-order valence-corrected chi connectivity index (χ4v) is 1.83. The highest BCUT2D eigenvalue weighted by Gasteiger charge is 2.27. The van der Waals surface area contributed by atoms with Crippen LogP contribution in [0.5, 0.6) is 5.75 Å². The number of rotatable bonds is 7. The van der Waals surface area contributed by atoms with Gasteiger partial charge in [-0.05, 0) is 17.5 Å². The molecule has 1 amide bonds. The molecular formula is C14H20F2N2O2. The summed E-state index contributed by atoms with van der Waals surface area (Å²) in [4.78, 5) is 11.7. The van der Waals surface area contributed by atoms with Crippen LogP contribution in [-0.4, -0.2) is 32.0 Å². The number of ether oxygens (including phenoxy) is 1. The van der Waals surface area contributed by atoms with Crippen molar-refractivity contribution < 1.29 is 18.3 Å². The Balaban J connectivity index is 2.57. The zero-order valence-electron chi connectivity index (χ0n) is 11.7. The van der Waals surface area contributed by atoms with Gasteiger partial charge < -0.3 is 15.8 Å². The molecule has 0 aromatic heterocycles. The zero-order chi connectivity index (χ0) is 15.2. The third kappa shape index (κ3) is 4.77. The molecule has 1 unspecified atom stereocenters. The molecule has 0 aliphatic carbocycles. The number of hydrogen-bond acceptors (Lipinski definition) is 3. The quantitative estimate of drug-likeness (QED) is 0.804. The number of benzene rings is 1. The Hall–Kier alpha value is -1.69. The average molecular weight is 286 g/mol. The summed E-state index contributed by atoms with van der Waals surface area (Å²) < 4.78 is 31.1. The van der Waals surface area contributed by atoms with Crippen LogP contribution in [0.4, 0.5) is 8.78 Å². The molecule has 3 N–H and O–H groups in total. The van der Waals surface area contributed by atoms with Gasteiger partial charge in [0.1, 0.15) is 5.75 Å². The van der Waals surface area contributed by atoms with Crippen molar-refractivity contribution in [2.24, 2.45) is 5.73 Å². The highest BCUT2D eigenvalue weighted by Crippen LogP contribution is 2.28. The first kappa shape index (κ1) is 16.4. The van der Waals surface area contributed by atoms with Crippen LogP contribution in [0.2, 0.25) is 0 Å². The van der Waals surface area contributed by atoms with Crippen molar-refractivity contribution in [3.05, 3.63) is 29.8 Å². The predicted molar refractivity (Wildman–Crippen MR) is 73.0 cm³/mol. The molecule has 20 heavy (non-hydrogen) atoms. The van der Waals surface area contributed by atoms with Crippen LogP contribution < -0.4 is 15.8 Å². The van der Waals surface area contributed by atoms with Crippen molar-refractivity contribution in [2.45, 2.75) is 25.2 Å². The summed E-state index contributed by atoms with van der Waals surface area (Å²) >= 11 is 0. The summed E-state index contributed by atoms with van der Waals surface area (Å²) in [5.74, 6) is -2.95. The number of hydrogen-bond donors (Lipinski definition) is 2. The lowest BCUT2D eigenvalue weighted by atomic mass is 9.96. The monoisotopic (exact) mass is 286 g/mol. The maximum Gasteiger partial charge on any atom is 0.277 e. The van der Waals surface area contributed by atoms with E-state index in [0.29, 0.717) is 5.75 Å². The Morgan fingerprint density at radius 1 is 1.45 bits per heavy atom. The van der Waals surface area contributed by atoms with Gasteiger partial charge in [0.25, 0.3) is 5.92 Å². The first-order chi connectivity index (χ1) is 9.39. The lowest BCUT2D eigenvalue weighted by Crippen LogP contribution is -2.41. The van der Waals surface area contributed by atoms with E-state index in [0.717, 1.165) is 5.56 Å². The Morgan fingerprint density at radius 2 is 2.10 bits per heavy atom. The number of amides is 1. The minimum Gasteiger partial charge on any atom is -0.496 e. The van der Waals surface area contributed by atoms with Crippen molar-refractivity contribution in [3.8, 4) is 5.75 Å². The maximum absolute atomic E-state index is 12.9. The van der Waals surface area contributed by atoms with E-state index in [-0.39, 0.29) is 12.3 Å². The molecular weight excluding hydrogens is 266 g/mol. The van der Waals surface area contributed by atoms with E-state index in [4.69, 9.17) is 10.5 Å². The lowest BCUT2D eigenvalue weighted by Gasteiger charge is -2.17. The predicted octanol–water partition coefficient (Wildman–Crippen LogP) is 1.90. The molecule has 112 valence electrons. The van der Waals surface area contributed by atoms with E-state index < -0.39 is 24.9 Å². The van der Waals surface area contributed by atoms with Crippen molar-refractivity contribution in [3.63, 3.8) is 0 Å². The average Bonchev–Trinajstić information content (AvgIpc) is 2.45. The summed E-state index contributed by atoms with van der Waals surface area (Å²) in [5, 5.41) is 2.20. The van der Waals surface area contributed by atoms with Gasteiger partial charge in [0, 0.05) is 6.42 Å². The Bertz CT molecular complexity index is 453. The van der Waals surface area contributed by atoms with Crippen molar-refractivity contribution in [1.29, 1.82) is 0 Å². The molecule has 0 saturated heterocycles. The van der Waals surface area contributed by atoms with Crippen molar-refractivity contribution in [2.75, 3.05) is 20.2 Å². The molecule has 0 saturated carbocycles. The van der Waals surface area contributed by atoms with E-state index in [1.54, 1.807) is 13.2 Å². The molecule has 1 aromatic carbocycles. The van der Waals surface area contributed by atoms with Crippen LogP contribution in [0, 0.1) is 0 Å². The van der Waals surface area contributed by atoms with Gasteiger partial charge in [-0.3, -0.25) is 4.79 Å². The zero-order valence-corrected chi connectivity index (χ0v) is 11.7. The van der Waals surface area contributed by atoms with Gasteiger partial charge in [0.05, 0.1) is 20.2 Å². The molecule has 0 radical (unpaired) electrons. The SMILES string of the molecule is COc1ccccc1C(C)CC(=O)NCC(F)(F)CN. The summed E-state index contributed by atoms with van der Waals surface area (Å²) in [5.41, 5.74) is 5.78. The summed E-state index contributed by atoms with van der Waals surface area (Å²) in [6.45, 7) is 0.328. The fraction of sp³-hybridized carbons (Fsp3) is 0.500. The molecule has 0 spiro atoms. The second-order valence-corrected chi connectivity index (χ2v) is 4.68. The van der Waals surface area contributed by atoms with Crippen LogP contribution in [-0.2, 0) is 4.79 Å². The van der Waals surface area contributed by atoms with Crippen LogP contribution in [0.1, 0.15) is 24.8 Å². The van der Waals surface area contributed by atoms with Gasteiger partial charge in [0.2, 0.25) is 5.91 Å². The summed E-state index contributed by atoms with van der Waals surface area (Å²) in [6.07, 6.45) is 0.112. The second kappa shape index (κ2) is 7.19. The number of halogens is 2. The maximum atomic E-state index is 12.9. The van der Waals surface area contributed by atoms with E-state index in [1.807, 2.05) is 25.1 Å². The molecule has 1 rings (SSSR count). The Morgan fingerprint density at radius 3 is 2.70 bits per heavy atom. The third-order valence-corrected chi connectivity index (χ3v) is 3.00. The van der Waals surface area contributed by atoms with Gasteiger partial charge in [-0.1, -0.05) is 25.1 Å². The van der Waals surface area contributed by atoms with Gasteiger partial charge >= 0.3 is 0 Å². The molecule has 0 fully saturated rings. The number of carbonyl (C=O) groups excluding carboxylic acids is 1. The number of para-hydroxylation sites is 1. The molecule has 0 aliphatic rings. The summed E-state index contributed by atoms with van der Waals surface area (Å²) in [7, 11) is 1.55. The largest absolute Gasteiger partial charge is 0.496 e. The molecule has 1 atom stereocenters. The van der Waals surface area contributed by atoms with E-state index in [1.165, 1.54) is 0 Å². The van der Waals surface area contributed by atoms with Crippen LogP contribution in [0.15, 0.2) is 24.3 Å². The Labute approximate surface area is 117 Å². The van der Waals surface area contributed by atoms with Crippen LogP contribution in [0.25, 0.3) is 0 Å². The van der Waals surface area contributed by atoms with Crippen molar-refractivity contribution >= 4 is 5.91 Å². The highest BCUT2D eigenvalue weighted by molar-refractivity contribution is 5.77. The van der Waals surface area contributed by atoms with Crippen molar-refractivity contribution in [1.82, 2.24) is 5.32 Å². The smallest absolute Gasteiger partial charge is 0.277 e. The Kier molecular flexibility index (Phi) is 5.88. The molecule has 6 heteroatoms. The van der Waals surface area contributed by atoms with Crippen LogP contribution in [0.3, 0.4) is 0 Å². The van der Waals surface area contributed by atoms with Gasteiger partial charge in [-0.15, -0.1) is 0 Å². The fourth-order valence-electron chi connectivity index (χ4n) is 1.83. The number of nitrogens with one attached hydrogen (secondary N) is 1. The first-order valence-electron chi connectivity index (χ1n) is 6.37. The molecule has 1 aromatic rings. The number of alkyl halides is 2. The lowest BCUT2D eigenvalue weighted by molar-refractivity contribution is -0.123. The van der Waals surface area contributed by atoms with Gasteiger partial charge in [-0.2, -0.15) is 0 Å². The standard InChI is InChI=1S/C14H20F2N2O2/c1-10(11-5-3-4-6-12(11)20-2)7-13(19)18-9-14(15,16)8-17/h3-6,10H,7-9,17H2,1-2H3,(H,18,19). The molecule has 0 heterocycles. The van der Waals surface area contributed by atoms with E-state index in [9.17, 15) is 13.6 Å². The minimum absolute atomic E-state index is 0.112. The van der Waals surface area contributed by atoms with E-state index in [2.05, 4.69) is 5.32 Å². The van der Waals surface area contributed by atoms with Gasteiger partial charge in [-0.25, -0.2) is 8.78 Å². The number of carbonyl (C=O) groups is 1.